The van der Waals surface area contributed by atoms with Gasteiger partial charge in [-0.2, -0.15) is 0 Å². The molecule has 0 saturated carbocycles. The Hall–Kier alpha value is -0.860. The van der Waals surface area contributed by atoms with Crippen molar-refractivity contribution in [2.45, 2.75) is 38.0 Å². The summed E-state index contributed by atoms with van der Waals surface area (Å²) < 4.78 is 5.93. The molecule has 1 aromatic carbocycles. The van der Waals surface area contributed by atoms with Gasteiger partial charge in [-0.05, 0) is 24.8 Å². The maximum Gasteiger partial charge on any atom is 0.111 e. The first-order valence-corrected chi connectivity index (χ1v) is 6.37. The monoisotopic (exact) mass is 217 g/mol. The van der Waals surface area contributed by atoms with Crippen molar-refractivity contribution in [3.05, 3.63) is 35.9 Å². The third kappa shape index (κ3) is 1.87. The minimum absolute atomic E-state index is 0.382. The molecule has 0 amide bonds. The Kier molecular flexibility index (Phi) is 2.94. The highest BCUT2D eigenvalue weighted by Gasteiger charge is 2.35. The summed E-state index contributed by atoms with van der Waals surface area (Å²) >= 11 is 0. The van der Waals surface area contributed by atoms with Crippen molar-refractivity contribution in [2.24, 2.45) is 0 Å². The normalized spacial score (nSPS) is 31.0. The standard InChI is InChI=1S/C14H19NO/c1-3-7-12(8-4-1)13-11-16-14-9-5-2-6-10-15(13)14/h1,3-4,7-8,13-14H,2,5-6,9-11H2/t13-,14+/m0/s1. The van der Waals surface area contributed by atoms with Gasteiger partial charge >= 0.3 is 0 Å². The number of rotatable bonds is 1. The van der Waals surface area contributed by atoms with Crippen LogP contribution in [0.2, 0.25) is 0 Å². The largest absolute Gasteiger partial charge is 0.361 e. The minimum Gasteiger partial charge on any atom is -0.361 e. The van der Waals surface area contributed by atoms with Crippen LogP contribution in [0.3, 0.4) is 0 Å². The molecule has 2 heterocycles. The Bertz CT molecular complexity index is 338. The fraction of sp³-hybridized carbons (Fsp3) is 0.571. The van der Waals surface area contributed by atoms with Gasteiger partial charge in [-0.15, -0.1) is 0 Å². The molecular weight excluding hydrogens is 198 g/mol. The topological polar surface area (TPSA) is 12.5 Å². The summed E-state index contributed by atoms with van der Waals surface area (Å²) in [4.78, 5) is 2.56. The molecule has 1 aromatic rings. The molecule has 0 bridgehead atoms. The summed E-state index contributed by atoms with van der Waals surface area (Å²) in [6, 6.07) is 11.3. The van der Waals surface area contributed by atoms with Gasteiger partial charge in [0.1, 0.15) is 6.23 Å². The van der Waals surface area contributed by atoms with Crippen LogP contribution in [0.15, 0.2) is 30.3 Å². The van der Waals surface area contributed by atoms with Gasteiger partial charge in [-0.3, -0.25) is 4.90 Å². The molecular formula is C14H19NO. The number of hydrogen-bond donors (Lipinski definition) is 0. The summed E-state index contributed by atoms with van der Waals surface area (Å²) in [5.74, 6) is 0. The molecule has 2 nitrogen and oxygen atoms in total. The maximum absolute atomic E-state index is 5.93. The maximum atomic E-state index is 5.93. The van der Waals surface area contributed by atoms with Gasteiger partial charge in [0.05, 0.1) is 12.6 Å². The van der Waals surface area contributed by atoms with E-state index in [1.165, 1.54) is 37.8 Å². The fourth-order valence-corrected chi connectivity index (χ4v) is 2.90. The zero-order valence-electron chi connectivity index (χ0n) is 9.64. The van der Waals surface area contributed by atoms with Crippen molar-refractivity contribution in [3.63, 3.8) is 0 Å². The highest BCUT2D eigenvalue weighted by Crippen LogP contribution is 2.34. The van der Waals surface area contributed by atoms with Crippen LogP contribution >= 0.6 is 0 Å². The minimum atomic E-state index is 0.382. The number of nitrogens with zero attached hydrogens (tertiary/aromatic N) is 1. The van der Waals surface area contributed by atoms with E-state index in [0.717, 1.165) is 6.61 Å². The molecule has 0 radical (unpaired) electrons. The first-order valence-electron chi connectivity index (χ1n) is 6.37. The van der Waals surface area contributed by atoms with Gasteiger partial charge in [0, 0.05) is 6.54 Å². The van der Waals surface area contributed by atoms with Crippen LogP contribution in [0, 0.1) is 0 Å². The lowest BCUT2D eigenvalue weighted by atomic mass is 10.1. The average molecular weight is 217 g/mol. The second kappa shape index (κ2) is 4.56. The van der Waals surface area contributed by atoms with E-state index in [-0.39, 0.29) is 0 Å². The van der Waals surface area contributed by atoms with Crippen molar-refractivity contribution in [2.75, 3.05) is 13.2 Å². The van der Waals surface area contributed by atoms with E-state index in [9.17, 15) is 0 Å². The zero-order chi connectivity index (χ0) is 10.8. The highest BCUT2D eigenvalue weighted by atomic mass is 16.5. The lowest BCUT2D eigenvalue weighted by Crippen LogP contribution is -2.31. The van der Waals surface area contributed by atoms with Gasteiger partial charge in [-0.25, -0.2) is 0 Å². The van der Waals surface area contributed by atoms with Crippen molar-refractivity contribution < 1.29 is 4.74 Å². The lowest BCUT2D eigenvalue weighted by molar-refractivity contribution is 0.0303. The summed E-state index contributed by atoms with van der Waals surface area (Å²) in [7, 11) is 0. The number of benzene rings is 1. The molecule has 2 aliphatic heterocycles. The third-order valence-corrected chi connectivity index (χ3v) is 3.77. The molecule has 0 spiro atoms. The van der Waals surface area contributed by atoms with E-state index in [0.29, 0.717) is 12.3 Å². The number of ether oxygens (including phenoxy) is 1. The van der Waals surface area contributed by atoms with Gasteiger partial charge < -0.3 is 4.74 Å². The molecule has 86 valence electrons. The van der Waals surface area contributed by atoms with Crippen LogP contribution in [0.5, 0.6) is 0 Å². The predicted octanol–water partition coefficient (Wildman–Crippen LogP) is 2.96. The second-order valence-corrected chi connectivity index (χ2v) is 4.80. The number of fused-ring (bicyclic) bond motifs is 1. The molecule has 0 unspecified atom stereocenters. The average Bonchev–Trinajstić information content (AvgIpc) is 2.60. The van der Waals surface area contributed by atoms with Crippen LogP contribution in [0.25, 0.3) is 0 Å². The van der Waals surface area contributed by atoms with Crippen molar-refractivity contribution in [1.29, 1.82) is 0 Å². The van der Waals surface area contributed by atoms with Crippen LogP contribution in [-0.4, -0.2) is 24.3 Å². The SMILES string of the molecule is c1ccc([C@@H]2CO[C@@H]3CCCCCN32)cc1. The molecule has 0 N–H and O–H groups in total. The van der Waals surface area contributed by atoms with Crippen molar-refractivity contribution >= 4 is 0 Å². The Morgan fingerprint density at radius 3 is 2.81 bits per heavy atom. The third-order valence-electron chi connectivity index (χ3n) is 3.77. The molecule has 2 aliphatic rings. The van der Waals surface area contributed by atoms with Crippen molar-refractivity contribution in [1.82, 2.24) is 4.90 Å². The molecule has 16 heavy (non-hydrogen) atoms. The van der Waals surface area contributed by atoms with Gasteiger partial charge in [0.15, 0.2) is 0 Å². The second-order valence-electron chi connectivity index (χ2n) is 4.80. The first kappa shape index (κ1) is 10.3. The summed E-state index contributed by atoms with van der Waals surface area (Å²) in [6.07, 6.45) is 5.60. The van der Waals surface area contributed by atoms with E-state index in [1.54, 1.807) is 0 Å². The summed E-state index contributed by atoms with van der Waals surface area (Å²) in [6.45, 7) is 2.07. The Morgan fingerprint density at radius 2 is 1.94 bits per heavy atom. The first-order chi connectivity index (χ1) is 7.95. The zero-order valence-corrected chi connectivity index (χ0v) is 9.64. The van der Waals surface area contributed by atoms with E-state index in [1.807, 2.05) is 0 Å². The molecule has 3 rings (SSSR count). The lowest BCUT2D eigenvalue weighted by Gasteiger charge is -2.26. The van der Waals surface area contributed by atoms with Crippen LogP contribution < -0.4 is 0 Å². The van der Waals surface area contributed by atoms with Gasteiger partial charge in [0.2, 0.25) is 0 Å². The van der Waals surface area contributed by atoms with E-state index in [4.69, 9.17) is 4.74 Å². The molecule has 2 heteroatoms. The smallest absolute Gasteiger partial charge is 0.111 e. The van der Waals surface area contributed by atoms with E-state index in [2.05, 4.69) is 35.2 Å². The molecule has 2 fully saturated rings. The Morgan fingerprint density at radius 1 is 1.06 bits per heavy atom. The van der Waals surface area contributed by atoms with Gasteiger partial charge in [-0.1, -0.05) is 36.8 Å². The molecule has 0 aromatic heterocycles. The van der Waals surface area contributed by atoms with Gasteiger partial charge in [0.25, 0.3) is 0 Å². The Balaban J connectivity index is 1.81. The van der Waals surface area contributed by atoms with Crippen LogP contribution in [0.1, 0.15) is 37.3 Å². The fourth-order valence-electron chi connectivity index (χ4n) is 2.90. The van der Waals surface area contributed by atoms with Crippen LogP contribution in [-0.2, 0) is 4.74 Å². The number of hydrogen-bond acceptors (Lipinski definition) is 2. The summed E-state index contributed by atoms with van der Waals surface area (Å²) in [5.41, 5.74) is 1.41. The summed E-state index contributed by atoms with van der Waals surface area (Å²) in [5, 5.41) is 0. The molecule has 2 saturated heterocycles. The molecule has 0 aliphatic carbocycles. The van der Waals surface area contributed by atoms with Crippen molar-refractivity contribution in [3.8, 4) is 0 Å². The van der Waals surface area contributed by atoms with E-state index < -0.39 is 0 Å². The highest BCUT2D eigenvalue weighted by molar-refractivity contribution is 5.20. The van der Waals surface area contributed by atoms with Crippen LogP contribution in [0.4, 0.5) is 0 Å². The van der Waals surface area contributed by atoms with E-state index >= 15 is 0 Å². The predicted molar refractivity (Wildman–Crippen MR) is 64.1 cm³/mol. The molecule has 2 atom stereocenters. The quantitative estimate of drug-likeness (QED) is 0.717. The Labute approximate surface area is 97.2 Å².